The molecule has 0 spiro atoms. The van der Waals surface area contributed by atoms with Gasteiger partial charge >= 0.3 is 5.97 Å². The van der Waals surface area contributed by atoms with Crippen molar-refractivity contribution in [2.75, 3.05) is 0 Å². The van der Waals surface area contributed by atoms with Crippen LogP contribution >= 0.6 is 23.2 Å². The number of benzene rings is 2. The molecule has 0 bridgehead atoms. The summed E-state index contributed by atoms with van der Waals surface area (Å²) in [6, 6.07) is 8.45. The quantitative estimate of drug-likeness (QED) is 0.861. The van der Waals surface area contributed by atoms with Crippen LogP contribution in [0.15, 0.2) is 42.5 Å². The first-order valence-electron chi connectivity index (χ1n) is 6.60. The highest BCUT2D eigenvalue weighted by Crippen LogP contribution is 2.22. The summed E-state index contributed by atoms with van der Waals surface area (Å²) >= 11 is 11.8. The molecule has 7 heteroatoms. The maximum atomic E-state index is 13.1. The molecule has 0 aromatic heterocycles. The van der Waals surface area contributed by atoms with Crippen LogP contribution in [0.5, 0.6) is 0 Å². The molecule has 0 aliphatic rings. The maximum Gasteiger partial charge on any atom is 0.326 e. The fraction of sp³-hybridized carbons (Fsp3) is 0.125. The van der Waals surface area contributed by atoms with Gasteiger partial charge in [0.1, 0.15) is 11.9 Å². The van der Waals surface area contributed by atoms with Gasteiger partial charge in [-0.15, -0.1) is 0 Å². The lowest BCUT2D eigenvalue weighted by Crippen LogP contribution is -2.42. The van der Waals surface area contributed by atoms with E-state index in [9.17, 15) is 19.1 Å². The third-order valence-corrected chi connectivity index (χ3v) is 3.72. The molecule has 0 aliphatic carbocycles. The Hall–Kier alpha value is -2.11. The summed E-state index contributed by atoms with van der Waals surface area (Å²) in [5, 5.41) is 12.4. The van der Waals surface area contributed by atoms with Crippen molar-refractivity contribution >= 4 is 35.1 Å². The molecule has 2 aromatic carbocycles. The number of carbonyl (C=O) groups excluding carboxylic acids is 1. The number of aliphatic carboxylic acids is 1. The summed E-state index contributed by atoms with van der Waals surface area (Å²) in [6.45, 7) is 0. The molecular formula is C16H12Cl2FNO3. The molecule has 1 amide bonds. The van der Waals surface area contributed by atoms with E-state index in [4.69, 9.17) is 23.2 Å². The van der Waals surface area contributed by atoms with Crippen molar-refractivity contribution in [2.24, 2.45) is 0 Å². The van der Waals surface area contributed by atoms with Gasteiger partial charge in [0.25, 0.3) is 5.91 Å². The Labute approximate surface area is 141 Å². The summed E-state index contributed by atoms with van der Waals surface area (Å²) in [7, 11) is 0. The summed E-state index contributed by atoms with van der Waals surface area (Å²) in [5.41, 5.74) is 0.571. The largest absolute Gasteiger partial charge is 0.480 e. The Kier molecular flexibility index (Phi) is 5.58. The third kappa shape index (κ3) is 4.68. The van der Waals surface area contributed by atoms with Crippen molar-refractivity contribution in [1.82, 2.24) is 5.32 Å². The minimum atomic E-state index is -1.22. The Morgan fingerprint density at radius 1 is 1.17 bits per heavy atom. The van der Waals surface area contributed by atoms with Gasteiger partial charge in [0.2, 0.25) is 0 Å². The molecule has 0 radical (unpaired) electrons. The molecule has 4 nitrogen and oxygen atoms in total. The van der Waals surface area contributed by atoms with Crippen molar-refractivity contribution in [3.63, 3.8) is 0 Å². The summed E-state index contributed by atoms with van der Waals surface area (Å²) in [6.07, 6.45) is -0.0214. The second kappa shape index (κ2) is 7.44. The Morgan fingerprint density at radius 2 is 1.91 bits per heavy atom. The van der Waals surface area contributed by atoms with Crippen molar-refractivity contribution in [3.05, 3.63) is 69.5 Å². The Bertz CT molecular complexity index is 752. The van der Waals surface area contributed by atoms with Crippen LogP contribution in [0.3, 0.4) is 0 Å². The molecule has 0 saturated carbocycles. The normalized spacial score (nSPS) is 11.8. The van der Waals surface area contributed by atoms with E-state index in [-0.39, 0.29) is 12.0 Å². The molecule has 2 aromatic rings. The minimum Gasteiger partial charge on any atom is -0.480 e. The number of halogens is 3. The fourth-order valence-electron chi connectivity index (χ4n) is 1.98. The van der Waals surface area contributed by atoms with E-state index in [0.717, 1.165) is 6.07 Å². The predicted molar refractivity (Wildman–Crippen MR) is 85.5 cm³/mol. The number of hydrogen-bond acceptors (Lipinski definition) is 2. The standard InChI is InChI=1S/C16H12Cl2FNO3/c17-11-5-4-9(13(18)8-11)7-14(16(22)23)20-15(21)10-2-1-3-12(19)6-10/h1-6,8,14H,7H2,(H,20,21)(H,22,23)/t14-/m1/s1. The van der Waals surface area contributed by atoms with Gasteiger partial charge < -0.3 is 10.4 Å². The number of carboxylic acid groups (broad SMARTS) is 1. The van der Waals surface area contributed by atoms with E-state index in [1.165, 1.54) is 24.3 Å². The van der Waals surface area contributed by atoms with E-state index >= 15 is 0 Å². The van der Waals surface area contributed by atoms with Crippen LogP contribution < -0.4 is 5.32 Å². The number of rotatable bonds is 5. The second-order valence-corrected chi connectivity index (χ2v) is 5.66. The highest BCUT2D eigenvalue weighted by Gasteiger charge is 2.22. The van der Waals surface area contributed by atoms with Crippen molar-refractivity contribution in [2.45, 2.75) is 12.5 Å². The minimum absolute atomic E-state index is 0.0214. The lowest BCUT2D eigenvalue weighted by molar-refractivity contribution is -0.139. The molecule has 2 rings (SSSR count). The molecule has 0 unspecified atom stereocenters. The van der Waals surface area contributed by atoms with Gasteiger partial charge in [-0.2, -0.15) is 0 Å². The SMILES string of the molecule is O=C(N[C@H](Cc1ccc(Cl)cc1Cl)C(=O)O)c1cccc(F)c1. The Balaban J connectivity index is 2.16. The zero-order valence-corrected chi connectivity index (χ0v) is 13.2. The monoisotopic (exact) mass is 355 g/mol. The number of carboxylic acids is 1. The molecule has 120 valence electrons. The average Bonchev–Trinajstić information content (AvgIpc) is 2.48. The molecule has 0 fully saturated rings. The average molecular weight is 356 g/mol. The van der Waals surface area contributed by atoms with Crippen molar-refractivity contribution < 1.29 is 19.1 Å². The zero-order valence-electron chi connectivity index (χ0n) is 11.7. The smallest absolute Gasteiger partial charge is 0.326 e. The lowest BCUT2D eigenvalue weighted by Gasteiger charge is -2.15. The molecule has 23 heavy (non-hydrogen) atoms. The first-order valence-corrected chi connectivity index (χ1v) is 7.35. The van der Waals surface area contributed by atoms with E-state index in [0.29, 0.717) is 15.6 Å². The molecule has 0 aliphatic heterocycles. The molecule has 1 atom stereocenters. The number of carbonyl (C=O) groups is 2. The van der Waals surface area contributed by atoms with Gasteiger partial charge in [-0.3, -0.25) is 4.79 Å². The van der Waals surface area contributed by atoms with Crippen LogP contribution in [0, 0.1) is 5.82 Å². The van der Waals surface area contributed by atoms with Crippen molar-refractivity contribution in [3.8, 4) is 0 Å². The summed E-state index contributed by atoms with van der Waals surface area (Å²) in [5.74, 6) is -2.48. The topological polar surface area (TPSA) is 66.4 Å². The van der Waals surface area contributed by atoms with Crippen LogP contribution in [0.1, 0.15) is 15.9 Å². The van der Waals surface area contributed by atoms with Gasteiger partial charge in [0.15, 0.2) is 0 Å². The van der Waals surface area contributed by atoms with E-state index < -0.39 is 23.7 Å². The molecule has 2 N–H and O–H groups in total. The third-order valence-electron chi connectivity index (χ3n) is 3.13. The van der Waals surface area contributed by atoms with Gasteiger partial charge in [-0.25, -0.2) is 9.18 Å². The van der Waals surface area contributed by atoms with E-state index in [1.54, 1.807) is 12.1 Å². The highest BCUT2D eigenvalue weighted by molar-refractivity contribution is 6.35. The van der Waals surface area contributed by atoms with Crippen LogP contribution in [0.2, 0.25) is 10.0 Å². The number of amides is 1. The maximum absolute atomic E-state index is 13.1. The molecule has 0 saturated heterocycles. The van der Waals surface area contributed by atoms with Gasteiger partial charge in [0, 0.05) is 22.0 Å². The van der Waals surface area contributed by atoms with Gasteiger partial charge in [-0.1, -0.05) is 35.3 Å². The zero-order chi connectivity index (χ0) is 17.0. The van der Waals surface area contributed by atoms with Gasteiger partial charge in [-0.05, 0) is 35.9 Å². The van der Waals surface area contributed by atoms with Crippen molar-refractivity contribution in [1.29, 1.82) is 0 Å². The van der Waals surface area contributed by atoms with Crippen LogP contribution in [0.25, 0.3) is 0 Å². The summed E-state index contributed by atoms with van der Waals surface area (Å²) < 4.78 is 13.1. The molecule has 0 heterocycles. The lowest BCUT2D eigenvalue weighted by atomic mass is 10.1. The van der Waals surface area contributed by atoms with Crippen LogP contribution in [-0.2, 0) is 11.2 Å². The highest BCUT2D eigenvalue weighted by atomic mass is 35.5. The summed E-state index contributed by atoms with van der Waals surface area (Å²) in [4.78, 5) is 23.4. The number of nitrogens with one attached hydrogen (secondary N) is 1. The second-order valence-electron chi connectivity index (χ2n) is 4.81. The molecular weight excluding hydrogens is 344 g/mol. The first kappa shape index (κ1) is 17.2. The van der Waals surface area contributed by atoms with Crippen LogP contribution in [-0.4, -0.2) is 23.0 Å². The Morgan fingerprint density at radius 3 is 2.52 bits per heavy atom. The van der Waals surface area contributed by atoms with Crippen LogP contribution in [0.4, 0.5) is 4.39 Å². The van der Waals surface area contributed by atoms with Gasteiger partial charge in [0.05, 0.1) is 0 Å². The first-order chi connectivity index (χ1) is 10.9. The predicted octanol–water partition coefficient (Wildman–Crippen LogP) is 3.56. The van der Waals surface area contributed by atoms with E-state index in [2.05, 4.69) is 5.32 Å². The fourth-order valence-corrected chi connectivity index (χ4v) is 2.46. The van der Waals surface area contributed by atoms with E-state index in [1.807, 2.05) is 0 Å². The number of hydrogen-bond donors (Lipinski definition) is 2.